The summed E-state index contributed by atoms with van der Waals surface area (Å²) in [5, 5.41) is 16.6. The van der Waals surface area contributed by atoms with Gasteiger partial charge in [-0.05, 0) is 80.7 Å². The number of aromatic nitrogens is 2. The lowest BCUT2D eigenvalue weighted by Gasteiger charge is -2.41. The maximum atomic E-state index is 12.2. The fourth-order valence-corrected chi connectivity index (χ4v) is 6.87. The lowest BCUT2D eigenvalue weighted by molar-refractivity contribution is 0.0996. The Morgan fingerprint density at radius 1 is 1.00 bits per heavy atom. The number of nitrogens with one attached hydrogen (secondary N) is 2. The number of hydrogen-bond acceptors (Lipinski definition) is 9. The Balaban J connectivity index is 1.26. The van der Waals surface area contributed by atoms with Crippen molar-refractivity contribution in [2.24, 2.45) is 5.73 Å². The summed E-state index contributed by atoms with van der Waals surface area (Å²) < 4.78 is 0. The maximum absolute atomic E-state index is 12.2. The molecule has 0 unspecified atom stereocenters. The molecule has 3 aliphatic rings. The number of amides is 1. The Labute approximate surface area is 230 Å². The number of thioether (sulfide) groups is 1. The molecule has 3 heterocycles. The Hall–Kier alpha value is -2.56. The van der Waals surface area contributed by atoms with E-state index in [1.165, 1.54) is 30.0 Å². The minimum Gasteiger partial charge on any atom is -0.393 e. The van der Waals surface area contributed by atoms with Crippen LogP contribution in [-0.2, 0) is 6.42 Å². The van der Waals surface area contributed by atoms with Crippen LogP contribution >= 0.6 is 11.8 Å². The minimum absolute atomic E-state index is 0.146. The second-order valence-corrected chi connectivity index (χ2v) is 11.8. The fraction of sp³-hybridized carbons (Fsp3) is 0.607. The van der Waals surface area contributed by atoms with Gasteiger partial charge >= 0.3 is 0 Å². The quantitative estimate of drug-likeness (QED) is 0.399. The van der Waals surface area contributed by atoms with Gasteiger partial charge in [-0.15, -0.1) is 0 Å². The lowest BCUT2D eigenvalue weighted by Crippen LogP contribution is -2.51. The van der Waals surface area contributed by atoms with E-state index in [2.05, 4.69) is 49.3 Å². The standard InChI is InChI=1S/C28H41N7O2S/c1-2-24-27(30-20-5-9-23(36)10-6-20)33-28(25(32-24)26(29)37)31-19-3-7-21(8-4-19)34-13-15-35(16-14-34)22-11-17-38-18-12-22/h3-4,7-8,20,22-23,36H,2,5-6,9-18H2,1H3,(H2,29,37)(H2,30,31,33). The topological polar surface area (TPSA) is 120 Å². The molecule has 10 heteroatoms. The summed E-state index contributed by atoms with van der Waals surface area (Å²) in [6, 6.07) is 9.28. The molecule has 3 fully saturated rings. The SMILES string of the molecule is CCc1nc(C(N)=O)c(Nc2ccc(N3CCN(C4CCSCC4)CC3)cc2)nc1NC1CCC(O)CC1. The molecule has 1 aliphatic carbocycles. The highest BCUT2D eigenvalue weighted by Gasteiger charge is 2.26. The van der Waals surface area contributed by atoms with E-state index in [-0.39, 0.29) is 17.8 Å². The van der Waals surface area contributed by atoms with Crippen LogP contribution in [0.5, 0.6) is 0 Å². The second kappa shape index (κ2) is 12.5. The van der Waals surface area contributed by atoms with Crippen LogP contribution in [0.1, 0.15) is 61.6 Å². The minimum atomic E-state index is -0.604. The fourth-order valence-electron chi connectivity index (χ4n) is 5.79. The van der Waals surface area contributed by atoms with E-state index in [9.17, 15) is 9.90 Å². The molecule has 1 aromatic carbocycles. The average Bonchev–Trinajstić information content (AvgIpc) is 2.95. The summed E-state index contributed by atoms with van der Waals surface area (Å²) in [4.78, 5) is 26.7. The number of nitrogens with two attached hydrogens (primary N) is 1. The van der Waals surface area contributed by atoms with Crippen molar-refractivity contribution in [2.75, 3.05) is 53.2 Å². The summed E-state index contributed by atoms with van der Waals surface area (Å²) in [5.41, 5.74) is 8.59. The van der Waals surface area contributed by atoms with Gasteiger partial charge in [-0.3, -0.25) is 9.69 Å². The molecular weight excluding hydrogens is 498 g/mol. The first-order chi connectivity index (χ1) is 18.5. The number of primary amides is 1. The molecule has 9 nitrogen and oxygen atoms in total. The first-order valence-corrected chi connectivity index (χ1v) is 15.2. The highest BCUT2D eigenvalue weighted by Crippen LogP contribution is 2.28. The van der Waals surface area contributed by atoms with Gasteiger partial charge in [0.25, 0.3) is 5.91 Å². The highest BCUT2D eigenvalue weighted by atomic mass is 32.2. The smallest absolute Gasteiger partial charge is 0.271 e. The van der Waals surface area contributed by atoms with Gasteiger partial charge in [0.05, 0.1) is 11.8 Å². The molecule has 2 aromatic rings. The van der Waals surface area contributed by atoms with E-state index in [0.717, 1.165) is 69.3 Å². The van der Waals surface area contributed by atoms with Crippen molar-refractivity contribution in [1.29, 1.82) is 0 Å². The van der Waals surface area contributed by atoms with Crippen molar-refractivity contribution < 1.29 is 9.90 Å². The lowest BCUT2D eigenvalue weighted by atomic mass is 9.93. The maximum Gasteiger partial charge on any atom is 0.271 e. The van der Waals surface area contributed by atoms with E-state index in [4.69, 9.17) is 10.7 Å². The van der Waals surface area contributed by atoms with Gasteiger partial charge in [-0.2, -0.15) is 11.8 Å². The normalized spacial score (nSPS) is 23.3. The number of aliphatic hydroxyl groups excluding tert-OH is 1. The highest BCUT2D eigenvalue weighted by molar-refractivity contribution is 7.99. The van der Waals surface area contributed by atoms with E-state index in [1.54, 1.807) is 0 Å². The summed E-state index contributed by atoms with van der Waals surface area (Å²) in [6.45, 7) is 6.31. The van der Waals surface area contributed by atoms with Crippen LogP contribution in [0.15, 0.2) is 24.3 Å². The molecule has 0 bridgehead atoms. The number of anilines is 4. The van der Waals surface area contributed by atoms with Crippen molar-refractivity contribution in [1.82, 2.24) is 14.9 Å². The van der Waals surface area contributed by atoms with Crippen molar-refractivity contribution in [3.8, 4) is 0 Å². The summed E-state index contributed by atoms with van der Waals surface area (Å²) in [7, 11) is 0. The third-order valence-corrected chi connectivity index (χ3v) is 9.14. The number of hydrogen-bond donors (Lipinski definition) is 4. The van der Waals surface area contributed by atoms with Crippen molar-refractivity contribution in [3.05, 3.63) is 35.7 Å². The molecule has 0 radical (unpaired) electrons. The van der Waals surface area contributed by atoms with Crippen LogP contribution in [0.25, 0.3) is 0 Å². The first kappa shape index (κ1) is 27.0. The molecule has 0 atom stereocenters. The van der Waals surface area contributed by atoms with Gasteiger partial charge in [0.2, 0.25) is 0 Å². The zero-order valence-electron chi connectivity index (χ0n) is 22.4. The molecule has 1 saturated carbocycles. The zero-order chi connectivity index (χ0) is 26.5. The van der Waals surface area contributed by atoms with Crippen LogP contribution < -0.4 is 21.3 Å². The van der Waals surface area contributed by atoms with Crippen LogP contribution in [0.2, 0.25) is 0 Å². The van der Waals surface area contributed by atoms with Crippen LogP contribution in [-0.4, -0.2) is 81.8 Å². The Morgan fingerprint density at radius 2 is 1.68 bits per heavy atom. The third kappa shape index (κ3) is 6.52. The van der Waals surface area contributed by atoms with Gasteiger partial charge in [0.1, 0.15) is 5.82 Å². The summed E-state index contributed by atoms with van der Waals surface area (Å²) >= 11 is 2.09. The monoisotopic (exact) mass is 539 g/mol. The number of aliphatic hydroxyl groups is 1. The third-order valence-electron chi connectivity index (χ3n) is 8.09. The van der Waals surface area contributed by atoms with Gasteiger partial charge in [-0.1, -0.05) is 6.92 Å². The van der Waals surface area contributed by atoms with Gasteiger partial charge in [0, 0.05) is 49.6 Å². The molecular formula is C28H41N7O2S. The Bertz CT molecular complexity index is 1080. The number of carbonyl (C=O) groups is 1. The molecule has 5 N–H and O–H groups in total. The van der Waals surface area contributed by atoms with Crippen LogP contribution in [0.3, 0.4) is 0 Å². The molecule has 5 rings (SSSR count). The molecule has 38 heavy (non-hydrogen) atoms. The van der Waals surface area contributed by atoms with Gasteiger partial charge in [0.15, 0.2) is 11.5 Å². The summed E-state index contributed by atoms with van der Waals surface area (Å²) in [6.07, 6.45) is 6.36. The second-order valence-electron chi connectivity index (χ2n) is 10.6. The van der Waals surface area contributed by atoms with E-state index in [1.807, 2.05) is 19.1 Å². The van der Waals surface area contributed by atoms with Crippen molar-refractivity contribution in [3.63, 3.8) is 0 Å². The number of rotatable bonds is 8. The summed E-state index contributed by atoms with van der Waals surface area (Å²) in [5.74, 6) is 3.02. The number of piperazine rings is 1. The van der Waals surface area contributed by atoms with Crippen LogP contribution in [0, 0.1) is 0 Å². The zero-order valence-corrected chi connectivity index (χ0v) is 23.2. The predicted octanol–water partition coefficient (Wildman–Crippen LogP) is 3.61. The number of carbonyl (C=O) groups excluding carboxylic acids is 1. The van der Waals surface area contributed by atoms with Gasteiger partial charge < -0.3 is 26.4 Å². The average molecular weight is 540 g/mol. The number of aryl methyl sites for hydroxylation is 1. The molecule has 2 saturated heterocycles. The molecule has 1 amide bonds. The Kier molecular flexibility index (Phi) is 8.91. The van der Waals surface area contributed by atoms with E-state index >= 15 is 0 Å². The molecule has 2 aliphatic heterocycles. The Morgan fingerprint density at radius 3 is 2.32 bits per heavy atom. The van der Waals surface area contributed by atoms with Crippen molar-refractivity contribution >= 4 is 40.7 Å². The van der Waals surface area contributed by atoms with E-state index < -0.39 is 5.91 Å². The van der Waals surface area contributed by atoms with Gasteiger partial charge in [-0.25, -0.2) is 9.97 Å². The largest absolute Gasteiger partial charge is 0.393 e. The molecule has 0 spiro atoms. The molecule has 1 aromatic heterocycles. The number of nitrogens with zero attached hydrogens (tertiary/aromatic N) is 4. The number of benzene rings is 1. The van der Waals surface area contributed by atoms with Crippen LogP contribution in [0.4, 0.5) is 23.0 Å². The van der Waals surface area contributed by atoms with E-state index in [0.29, 0.717) is 18.1 Å². The predicted molar refractivity (Wildman–Crippen MR) is 156 cm³/mol. The first-order valence-electron chi connectivity index (χ1n) is 14.1. The van der Waals surface area contributed by atoms with Crippen molar-refractivity contribution in [2.45, 2.75) is 70.1 Å². The molecule has 206 valence electrons.